The predicted octanol–water partition coefficient (Wildman–Crippen LogP) is 3.33. The molecular formula is C19H38O5. The Kier molecular flexibility index (Phi) is 16.7. The number of aliphatic hydroxyl groups is 3. The molecule has 3 N–H and O–H groups in total. The molecule has 1 unspecified atom stereocenters. The minimum absolute atomic E-state index is 0.0751. The lowest BCUT2D eigenvalue weighted by Crippen LogP contribution is -2.27. The van der Waals surface area contributed by atoms with Gasteiger partial charge >= 0.3 is 5.97 Å². The fourth-order valence-corrected chi connectivity index (χ4v) is 2.70. The van der Waals surface area contributed by atoms with Crippen molar-refractivity contribution < 1.29 is 24.9 Å². The van der Waals surface area contributed by atoms with E-state index >= 15 is 0 Å². The SMILES string of the molecule is CCCCCCCCCCCCCC(O)CC(=O)OC(CO)CO. The quantitative estimate of drug-likeness (QED) is 0.278. The maximum atomic E-state index is 11.5. The lowest BCUT2D eigenvalue weighted by Gasteiger charge is -2.14. The number of ether oxygens (including phenoxy) is 1. The number of carbonyl (C=O) groups excluding carboxylic acids is 1. The van der Waals surface area contributed by atoms with Gasteiger partial charge in [0.25, 0.3) is 0 Å². The second kappa shape index (κ2) is 17.2. The molecule has 0 aromatic rings. The molecule has 5 nitrogen and oxygen atoms in total. The molecule has 24 heavy (non-hydrogen) atoms. The number of hydrogen-bond acceptors (Lipinski definition) is 5. The standard InChI is InChI=1S/C19H38O5/c1-2-3-4-5-6-7-8-9-10-11-12-13-17(22)14-19(23)24-18(15-20)16-21/h17-18,20-22H,2-16H2,1H3. The Labute approximate surface area is 147 Å². The van der Waals surface area contributed by atoms with Gasteiger partial charge in [0.15, 0.2) is 0 Å². The molecule has 0 aliphatic rings. The average molecular weight is 347 g/mol. The van der Waals surface area contributed by atoms with Crippen molar-refractivity contribution in [1.82, 2.24) is 0 Å². The van der Waals surface area contributed by atoms with Crippen LogP contribution in [0.15, 0.2) is 0 Å². The van der Waals surface area contributed by atoms with Crippen molar-refractivity contribution in [2.75, 3.05) is 13.2 Å². The monoisotopic (exact) mass is 346 g/mol. The van der Waals surface area contributed by atoms with Crippen molar-refractivity contribution in [3.05, 3.63) is 0 Å². The van der Waals surface area contributed by atoms with Gasteiger partial charge in [0.1, 0.15) is 6.10 Å². The van der Waals surface area contributed by atoms with Gasteiger partial charge in [-0.3, -0.25) is 4.79 Å². The summed E-state index contributed by atoms with van der Waals surface area (Å²) in [6.45, 7) is 1.43. The van der Waals surface area contributed by atoms with Gasteiger partial charge in [-0.2, -0.15) is 0 Å². The molecule has 0 aliphatic carbocycles. The normalized spacial score (nSPS) is 12.5. The second-order valence-corrected chi connectivity index (χ2v) is 6.66. The molecule has 0 heterocycles. The van der Waals surface area contributed by atoms with Gasteiger partial charge in [-0.25, -0.2) is 0 Å². The highest BCUT2D eigenvalue weighted by Gasteiger charge is 2.16. The van der Waals surface area contributed by atoms with Gasteiger partial charge in [0.2, 0.25) is 0 Å². The van der Waals surface area contributed by atoms with E-state index in [1.165, 1.54) is 57.8 Å². The summed E-state index contributed by atoms with van der Waals surface area (Å²) in [5.74, 6) is -0.571. The molecule has 0 amide bonds. The third-order valence-electron chi connectivity index (χ3n) is 4.25. The van der Waals surface area contributed by atoms with Crippen LogP contribution in [-0.2, 0) is 9.53 Å². The molecule has 1 atom stereocenters. The fourth-order valence-electron chi connectivity index (χ4n) is 2.70. The first-order chi connectivity index (χ1) is 11.6. The van der Waals surface area contributed by atoms with Crippen LogP contribution in [0.25, 0.3) is 0 Å². The van der Waals surface area contributed by atoms with Crippen LogP contribution >= 0.6 is 0 Å². The van der Waals surface area contributed by atoms with Crippen LogP contribution in [0.3, 0.4) is 0 Å². The highest BCUT2D eigenvalue weighted by atomic mass is 16.6. The predicted molar refractivity (Wildman–Crippen MR) is 95.8 cm³/mol. The van der Waals surface area contributed by atoms with Crippen molar-refractivity contribution in [3.63, 3.8) is 0 Å². The van der Waals surface area contributed by atoms with Crippen molar-refractivity contribution in [3.8, 4) is 0 Å². The summed E-state index contributed by atoms with van der Waals surface area (Å²) in [4.78, 5) is 11.5. The fraction of sp³-hybridized carbons (Fsp3) is 0.947. The first-order valence-corrected chi connectivity index (χ1v) is 9.73. The summed E-state index contributed by atoms with van der Waals surface area (Å²) in [5.41, 5.74) is 0. The lowest BCUT2D eigenvalue weighted by molar-refractivity contribution is -0.155. The van der Waals surface area contributed by atoms with Crippen LogP contribution in [0.5, 0.6) is 0 Å². The Bertz CT molecular complexity index is 279. The molecule has 0 saturated carbocycles. The van der Waals surface area contributed by atoms with Crippen LogP contribution in [0, 0.1) is 0 Å². The molecular weight excluding hydrogens is 308 g/mol. The number of esters is 1. The van der Waals surface area contributed by atoms with Gasteiger partial charge in [-0.05, 0) is 6.42 Å². The molecule has 5 heteroatoms. The van der Waals surface area contributed by atoms with E-state index in [2.05, 4.69) is 6.92 Å². The van der Waals surface area contributed by atoms with E-state index in [1.54, 1.807) is 0 Å². The van der Waals surface area contributed by atoms with Crippen molar-refractivity contribution in [2.45, 2.75) is 103 Å². The Morgan fingerprint density at radius 1 is 0.833 bits per heavy atom. The number of aliphatic hydroxyl groups excluding tert-OH is 3. The minimum Gasteiger partial charge on any atom is -0.457 e. The Hall–Kier alpha value is -0.650. The van der Waals surface area contributed by atoms with Crippen molar-refractivity contribution >= 4 is 5.97 Å². The number of unbranched alkanes of at least 4 members (excludes halogenated alkanes) is 10. The molecule has 0 saturated heterocycles. The van der Waals surface area contributed by atoms with Gasteiger partial charge in [0.05, 0.1) is 25.7 Å². The zero-order chi connectivity index (χ0) is 18.0. The third-order valence-corrected chi connectivity index (χ3v) is 4.25. The number of rotatable bonds is 17. The van der Waals surface area contributed by atoms with Gasteiger partial charge in [0, 0.05) is 0 Å². The molecule has 0 bridgehead atoms. The van der Waals surface area contributed by atoms with E-state index in [-0.39, 0.29) is 6.42 Å². The molecule has 0 aromatic heterocycles. The van der Waals surface area contributed by atoms with E-state index in [4.69, 9.17) is 14.9 Å². The summed E-state index contributed by atoms with van der Waals surface area (Å²) in [6, 6.07) is 0. The smallest absolute Gasteiger partial charge is 0.308 e. The van der Waals surface area contributed by atoms with E-state index in [9.17, 15) is 9.90 Å². The van der Waals surface area contributed by atoms with Crippen molar-refractivity contribution in [2.24, 2.45) is 0 Å². The third kappa shape index (κ3) is 14.9. The van der Waals surface area contributed by atoms with Crippen LogP contribution in [0.1, 0.15) is 90.4 Å². The Morgan fingerprint density at radius 2 is 1.29 bits per heavy atom. The highest BCUT2D eigenvalue weighted by Crippen LogP contribution is 2.13. The van der Waals surface area contributed by atoms with Gasteiger partial charge in [-0.1, -0.05) is 77.6 Å². The van der Waals surface area contributed by atoms with Gasteiger partial charge in [-0.15, -0.1) is 0 Å². The van der Waals surface area contributed by atoms with Crippen molar-refractivity contribution in [1.29, 1.82) is 0 Å². The maximum Gasteiger partial charge on any atom is 0.308 e. The summed E-state index contributed by atoms with van der Waals surface area (Å²) in [6.07, 6.45) is 12.7. The Morgan fingerprint density at radius 3 is 1.75 bits per heavy atom. The zero-order valence-corrected chi connectivity index (χ0v) is 15.4. The van der Waals surface area contributed by atoms with Crippen LogP contribution in [0.2, 0.25) is 0 Å². The number of carbonyl (C=O) groups is 1. The molecule has 0 aliphatic heterocycles. The number of hydrogen-bond donors (Lipinski definition) is 3. The van der Waals surface area contributed by atoms with Crippen LogP contribution < -0.4 is 0 Å². The molecule has 0 fully saturated rings. The van der Waals surface area contributed by atoms with E-state index in [0.29, 0.717) is 6.42 Å². The first kappa shape index (κ1) is 23.4. The lowest BCUT2D eigenvalue weighted by atomic mass is 10.0. The van der Waals surface area contributed by atoms with Crippen LogP contribution in [-0.4, -0.2) is 46.7 Å². The maximum absolute atomic E-state index is 11.5. The molecule has 0 aromatic carbocycles. The van der Waals surface area contributed by atoms with Gasteiger partial charge < -0.3 is 20.1 Å². The summed E-state index contributed by atoms with van der Waals surface area (Å²) >= 11 is 0. The molecule has 0 radical (unpaired) electrons. The minimum atomic E-state index is -0.883. The van der Waals surface area contributed by atoms with Crippen LogP contribution in [0.4, 0.5) is 0 Å². The average Bonchev–Trinajstić information content (AvgIpc) is 2.57. The summed E-state index contributed by atoms with van der Waals surface area (Å²) in [5, 5.41) is 27.4. The first-order valence-electron chi connectivity index (χ1n) is 9.73. The summed E-state index contributed by atoms with van der Waals surface area (Å²) < 4.78 is 4.83. The zero-order valence-electron chi connectivity index (χ0n) is 15.4. The van der Waals surface area contributed by atoms with E-state index < -0.39 is 31.4 Å². The molecule has 144 valence electrons. The van der Waals surface area contributed by atoms with E-state index in [0.717, 1.165) is 12.8 Å². The largest absolute Gasteiger partial charge is 0.457 e. The molecule has 0 rings (SSSR count). The topological polar surface area (TPSA) is 87.0 Å². The second-order valence-electron chi connectivity index (χ2n) is 6.66. The molecule has 0 spiro atoms. The summed E-state index contributed by atoms with van der Waals surface area (Å²) in [7, 11) is 0. The highest BCUT2D eigenvalue weighted by molar-refractivity contribution is 5.70. The Balaban J connectivity index is 3.39. The van der Waals surface area contributed by atoms with E-state index in [1.807, 2.05) is 0 Å².